The van der Waals surface area contributed by atoms with E-state index in [1.807, 2.05) is 17.7 Å². The highest BCUT2D eigenvalue weighted by Gasteiger charge is 2.11. The summed E-state index contributed by atoms with van der Waals surface area (Å²) in [5, 5.41) is 4.59. The Labute approximate surface area is 133 Å². The minimum Gasteiger partial charge on any atom is -0.496 e. The highest BCUT2D eigenvalue weighted by atomic mass is 127. The number of ether oxygens (including phenoxy) is 1. The van der Waals surface area contributed by atoms with Crippen LogP contribution in [0.15, 0.2) is 18.2 Å². The first-order valence-corrected chi connectivity index (χ1v) is 7.70. The van der Waals surface area contributed by atoms with Crippen LogP contribution in [-0.2, 0) is 13.0 Å². The van der Waals surface area contributed by atoms with Crippen LogP contribution < -0.4 is 10.5 Å². The van der Waals surface area contributed by atoms with Crippen molar-refractivity contribution in [2.75, 3.05) is 13.7 Å². The van der Waals surface area contributed by atoms with Crippen LogP contribution in [0.2, 0.25) is 0 Å². The average molecular weight is 385 g/mol. The standard InChI is InChI=1S/C15H20IN3O/c1-10-15(16)11(2)19(18-10)9-13-8-12(6-7-17)4-5-14(13)20-3/h4-5,8H,6-7,9,17H2,1-3H3. The maximum absolute atomic E-state index is 5.63. The molecule has 0 aliphatic heterocycles. The van der Waals surface area contributed by atoms with Crippen LogP contribution in [0.4, 0.5) is 0 Å². The Morgan fingerprint density at radius 3 is 2.65 bits per heavy atom. The molecule has 0 saturated carbocycles. The largest absolute Gasteiger partial charge is 0.496 e. The number of hydrogen-bond donors (Lipinski definition) is 1. The Morgan fingerprint density at radius 2 is 2.10 bits per heavy atom. The van der Waals surface area contributed by atoms with Crippen molar-refractivity contribution >= 4 is 22.6 Å². The van der Waals surface area contributed by atoms with E-state index in [1.54, 1.807) is 7.11 Å². The number of methoxy groups -OCH3 is 1. The van der Waals surface area contributed by atoms with Crippen molar-refractivity contribution in [2.24, 2.45) is 5.73 Å². The number of nitrogens with zero attached hydrogens (tertiary/aromatic N) is 2. The number of aryl methyl sites for hydroxylation is 1. The Morgan fingerprint density at radius 1 is 1.35 bits per heavy atom. The molecule has 0 aliphatic rings. The quantitative estimate of drug-likeness (QED) is 0.806. The summed E-state index contributed by atoms with van der Waals surface area (Å²) in [6, 6.07) is 6.24. The molecule has 0 fully saturated rings. The molecule has 2 rings (SSSR count). The van der Waals surface area contributed by atoms with Crippen LogP contribution >= 0.6 is 22.6 Å². The second kappa shape index (κ2) is 6.58. The number of aromatic nitrogens is 2. The predicted molar refractivity (Wildman–Crippen MR) is 89.3 cm³/mol. The van der Waals surface area contributed by atoms with E-state index >= 15 is 0 Å². The maximum atomic E-state index is 5.63. The van der Waals surface area contributed by atoms with Crippen LogP contribution in [0, 0.1) is 17.4 Å². The maximum Gasteiger partial charge on any atom is 0.123 e. The van der Waals surface area contributed by atoms with E-state index in [0.717, 1.165) is 30.0 Å². The summed E-state index contributed by atoms with van der Waals surface area (Å²) in [6.07, 6.45) is 0.881. The van der Waals surface area contributed by atoms with Crippen molar-refractivity contribution in [3.05, 3.63) is 44.3 Å². The summed E-state index contributed by atoms with van der Waals surface area (Å²) in [5.41, 5.74) is 10.3. The first-order chi connectivity index (χ1) is 9.56. The zero-order chi connectivity index (χ0) is 14.7. The molecule has 2 aromatic rings. The molecule has 0 amide bonds. The van der Waals surface area contributed by atoms with Gasteiger partial charge >= 0.3 is 0 Å². The Bertz CT molecular complexity index is 607. The molecule has 5 heteroatoms. The highest BCUT2D eigenvalue weighted by molar-refractivity contribution is 14.1. The van der Waals surface area contributed by atoms with Gasteiger partial charge in [-0.25, -0.2) is 0 Å². The Hall–Kier alpha value is -1.08. The second-order valence-corrected chi connectivity index (χ2v) is 5.91. The van der Waals surface area contributed by atoms with Crippen LogP contribution in [0.3, 0.4) is 0 Å². The summed E-state index contributed by atoms with van der Waals surface area (Å²) in [4.78, 5) is 0. The van der Waals surface area contributed by atoms with Gasteiger partial charge in [0.2, 0.25) is 0 Å². The molecule has 0 unspecified atom stereocenters. The molecule has 1 aromatic heterocycles. The van der Waals surface area contributed by atoms with Crippen molar-refractivity contribution in [1.82, 2.24) is 9.78 Å². The fraction of sp³-hybridized carbons (Fsp3) is 0.400. The predicted octanol–water partition coefficient (Wildman–Crippen LogP) is 2.66. The normalized spacial score (nSPS) is 10.8. The number of rotatable bonds is 5. The van der Waals surface area contributed by atoms with Gasteiger partial charge in [0.05, 0.1) is 22.9 Å². The van der Waals surface area contributed by atoms with Gasteiger partial charge in [-0.2, -0.15) is 5.10 Å². The first kappa shape index (κ1) is 15.3. The Kier molecular flexibility index (Phi) is 5.04. The van der Waals surface area contributed by atoms with Crippen LogP contribution in [0.1, 0.15) is 22.5 Å². The molecule has 1 heterocycles. The third kappa shape index (κ3) is 3.15. The molecule has 0 atom stereocenters. The van der Waals surface area contributed by atoms with E-state index in [4.69, 9.17) is 10.5 Å². The molecule has 0 bridgehead atoms. The minimum absolute atomic E-state index is 0.656. The fourth-order valence-electron chi connectivity index (χ4n) is 2.27. The monoisotopic (exact) mass is 385 g/mol. The molecule has 0 spiro atoms. The molecular weight excluding hydrogens is 365 g/mol. The van der Waals surface area contributed by atoms with Gasteiger partial charge in [0.1, 0.15) is 5.75 Å². The molecule has 1 aromatic carbocycles. The topological polar surface area (TPSA) is 53.1 Å². The van der Waals surface area contributed by atoms with Crippen molar-refractivity contribution < 1.29 is 4.74 Å². The van der Waals surface area contributed by atoms with Gasteiger partial charge in [-0.15, -0.1) is 0 Å². The first-order valence-electron chi connectivity index (χ1n) is 6.62. The zero-order valence-electron chi connectivity index (χ0n) is 12.1. The number of benzene rings is 1. The molecular formula is C15H20IN3O. The molecule has 0 radical (unpaired) electrons. The van der Waals surface area contributed by atoms with Gasteiger partial charge in [0.25, 0.3) is 0 Å². The summed E-state index contributed by atoms with van der Waals surface area (Å²) in [6.45, 7) is 5.51. The average Bonchev–Trinajstić information content (AvgIpc) is 2.67. The number of halogens is 1. The Balaban J connectivity index is 2.35. The van der Waals surface area contributed by atoms with Crippen LogP contribution in [0.25, 0.3) is 0 Å². The van der Waals surface area contributed by atoms with E-state index < -0.39 is 0 Å². The third-order valence-electron chi connectivity index (χ3n) is 3.39. The van der Waals surface area contributed by atoms with Crippen LogP contribution in [-0.4, -0.2) is 23.4 Å². The minimum atomic E-state index is 0.656. The van der Waals surface area contributed by atoms with E-state index in [9.17, 15) is 0 Å². The summed E-state index contributed by atoms with van der Waals surface area (Å²) in [5.74, 6) is 0.897. The lowest BCUT2D eigenvalue weighted by molar-refractivity contribution is 0.407. The van der Waals surface area contributed by atoms with Crippen LogP contribution in [0.5, 0.6) is 5.75 Å². The second-order valence-electron chi connectivity index (χ2n) is 4.83. The summed E-state index contributed by atoms with van der Waals surface area (Å²) in [7, 11) is 1.70. The fourth-order valence-corrected chi connectivity index (χ4v) is 2.65. The summed E-state index contributed by atoms with van der Waals surface area (Å²) >= 11 is 2.34. The van der Waals surface area contributed by atoms with Gasteiger partial charge in [0, 0.05) is 11.3 Å². The van der Waals surface area contributed by atoms with E-state index in [-0.39, 0.29) is 0 Å². The molecule has 2 N–H and O–H groups in total. The number of hydrogen-bond acceptors (Lipinski definition) is 3. The van der Waals surface area contributed by atoms with Crippen molar-refractivity contribution in [3.63, 3.8) is 0 Å². The van der Waals surface area contributed by atoms with E-state index in [1.165, 1.54) is 14.8 Å². The van der Waals surface area contributed by atoms with Gasteiger partial charge < -0.3 is 10.5 Å². The molecule has 0 aliphatic carbocycles. The molecule has 20 heavy (non-hydrogen) atoms. The highest BCUT2D eigenvalue weighted by Crippen LogP contribution is 2.23. The van der Waals surface area contributed by atoms with Crippen molar-refractivity contribution in [2.45, 2.75) is 26.8 Å². The van der Waals surface area contributed by atoms with Crippen molar-refractivity contribution in [3.8, 4) is 5.75 Å². The SMILES string of the molecule is COc1ccc(CCN)cc1Cn1nc(C)c(I)c1C. The summed E-state index contributed by atoms with van der Waals surface area (Å²) < 4.78 is 8.70. The lowest BCUT2D eigenvalue weighted by atomic mass is 10.1. The molecule has 4 nitrogen and oxygen atoms in total. The molecule has 0 saturated heterocycles. The van der Waals surface area contributed by atoms with E-state index in [2.05, 4.69) is 46.7 Å². The van der Waals surface area contributed by atoms with Gasteiger partial charge in [0.15, 0.2) is 0 Å². The van der Waals surface area contributed by atoms with Gasteiger partial charge in [-0.1, -0.05) is 12.1 Å². The van der Waals surface area contributed by atoms with Crippen molar-refractivity contribution in [1.29, 1.82) is 0 Å². The molecule has 108 valence electrons. The third-order valence-corrected chi connectivity index (χ3v) is 4.95. The zero-order valence-corrected chi connectivity index (χ0v) is 14.3. The lowest BCUT2D eigenvalue weighted by Crippen LogP contribution is -2.08. The van der Waals surface area contributed by atoms with Gasteiger partial charge in [-0.3, -0.25) is 4.68 Å². The lowest BCUT2D eigenvalue weighted by Gasteiger charge is -2.12. The van der Waals surface area contributed by atoms with E-state index in [0.29, 0.717) is 6.54 Å². The van der Waals surface area contributed by atoms with Gasteiger partial charge in [-0.05, 0) is 61.0 Å². The number of nitrogens with two attached hydrogens (primary N) is 1. The smallest absolute Gasteiger partial charge is 0.123 e.